The van der Waals surface area contributed by atoms with Crippen LogP contribution in [0.1, 0.15) is 10.4 Å². The van der Waals surface area contributed by atoms with Crippen LogP contribution in [0.5, 0.6) is 0 Å². The Hall–Kier alpha value is -2.97. The molecule has 0 spiro atoms. The largest absolute Gasteiger partial charge is 0.403 e. The number of amides is 1. The van der Waals surface area contributed by atoms with E-state index in [9.17, 15) is 14.9 Å². The van der Waals surface area contributed by atoms with Crippen LogP contribution in [-0.4, -0.2) is 21.0 Å². The van der Waals surface area contributed by atoms with Crippen LogP contribution in [0.4, 0.5) is 11.7 Å². The molecule has 1 N–H and O–H groups in total. The molecular formula is C15H8Cl2N4O4. The molecule has 0 aliphatic heterocycles. The highest BCUT2D eigenvalue weighted by atomic mass is 35.5. The zero-order valence-electron chi connectivity index (χ0n) is 12.3. The molecule has 0 unspecified atom stereocenters. The predicted molar refractivity (Wildman–Crippen MR) is 90.8 cm³/mol. The Kier molecular flexibility index (Phi) is 4.64. The summed E-state index contributed by atoms with van der Waals surface area (Å²) < 4.78 is 5.29. The first kappa shape index (κ1) is 16.9. The van der Waals surface area contributed by atoms with Crippen LogP contribution in [0.2, 0.25) is 10.0 Å². The first-order valence-electron chi connectivity index (χ1n) is 6.79. The van der Waals surface area contributed by atoms with Crippen LogP contribution in [-0.2, 0) is 0 Å². The fourth-order valence-corrected chi connectivity index (χ4v) is 2.53. The van der Waals surface area contributed by atoms with Crippen molar-refractivity contribution in [2.45, 2.75) is 0 Å². The Morgan fingerprint density at radius 3 is 2.64 bits per heavy atom. The van der Waals surface area contributed by atoms with E-state index < -0.39 is 10.8 Å². The fraction of sp³-hybridized carbons (Fsp3) is 0. The normalized spacial score (nSPS) is 10.5. The first-order valence-corrected chi connectivity index (χ1v) is 7.55. The minimum atomic E-state index is -0.584. The van der Waals surface area contributed by atoms with Crippen LogP contribution in [0.15, 0.2) is 46.9 Å². The zero-order valence-corrected chi connectivity index (χ0v) is 13.8. The maximum atomic E-state index is 12.2. The summed E-state index contributed by atoms with van der Waals surface area (Å²) in [6.45, 7) is 0. The van der Waals surface area contributed by atoms with Crippen LogP contribution in [0, 0.1) is 10.1 Å². The van der Waals surface area contributed by atoms with Crippen molar-refractivity contribution in [2.24, 2.45) is 0 Å². The van der Waals surface area contributed by atoms with E-state index in [0.29, 0.717) is 5.02 Å². The smallest absolute Gasteiger partial charge is 0.322 e. The molecule has 1 amide bonds. The predicted octanol–water partition coefficient (Wildman–Crippen LogP) is 4.20. The highest BCUT2D eigenvalue weighted by Gasteiger charge is 2.21. The van der Waals surface area contributed by atoms with Gasteiger partial charge in [0.05, 0.1) is 15.5 Å². The number of benzene rings is 2. The average Bonchev–Trinajstić information content (AvgIpc) is 3.03. The van der Waals surface area contributed by atoms with Crippen LogP contribution >= 0.6 is 23.2 Å². The van der Waals surface area contributed by atoms with Crippen molar-refractivity contribution < 1.29 is 14.1 Å². The second-order valence-electron chi connectivity index (χ2n) is 4.76. The zero-order chi connectivity index (χ0) is 18.0. The highest BCUT2D eigenvalue weighted by Crippen LogP contribution is 2.29. The van der Waals surface area contributed by atoms with Gasteiger partial charge in [0.1, 0.15) is 5.56 Å². The Labute approximate surface area is 150 Å². The minimum Gasteiger partial charge on any atom is -0.403 e. The lowest BCUT2D eigenvalue weighted by atomic mass is 10.2. The van der Waals surface area contributed by atoms with Crippen LogP contribution in [0.25, 0.3) is 11.5 Å². The summed E-state index contributed by atoms with van der Waals surface area (Å²) >= 11 is 11.7. The van der Waals surface area contributed by atoms with Crippen molar-refractivity contribution in [3.8, 4) is 11.5 Å². The van der Waals surface area contributed by atoms with Crippen molar-refractivity contribution >= 4 is 40.8 Å². The van der Waals surface area contributed by atoms with E-state index in [1.54, 1.807) is 6.07 Å². The lowest BCUT2D eigenvalue weighted by molar-refractivity contribution is -0.384. The molecule has 0 saturated carbocycles. The molecule has 0 aliphatic rings. The van der Waals surface area contributed by atoms with Gasteiger partial charge in [-0.2, -0.15) is 0 Å². The summed E-state index contributed by atoms with van der Waals surface area (Å²) in [7, 11) is 0. The topological polar surface area (TPSA) is 111 Å². The molecule has 126 valence electrons. The number of nitro benzene ring substituents is 1. The minimum absolute atomic E-state index is 0.0928. The van der Waals surface area contributed by atoms with Gasteiger partial charge in [0.2, 0.25) is 0 Å². The molecule has 0 radical (unpaired) electrons. The quantitative estimate of drug-likeness (QED) is 0.537. The standard InChI is InChI=1S/C15H8Cl2N4O4/c16-8-5-6-9(11(17)7-8)13(22)18-15-20-19-14(25-15)10-3-1-2-4-12(10)21(23)24/h1-7H,(H,18,20,22). The highest BCUT2D eigenvalue weighted by molar-refractivity contribution is 6.37. The van der Waals surface area contributed by atoms with Crippen molar-refractivity contribution in [1.29, 1.82) is 0 Å². The second-order valence-corrected chi connectivity index (χ2v) is 5.61. The number of rotatable bonds is 4. The van der Waals surface area contributed by atoms with Gasteiger partial charge in [-0.05, 0) is 24.3 Å². The number of carbonyl (C=O) groups is 1. The molecule has 0 aliphatic carbocycles. The first-order chi connectivity index (χ1) is 12.0. The van der Waals surface area contributed by atoms with Crippen molar-refractivity contribution in [3.63, 3.8) is 0 Å². The van der Waals surface area contributed by atoms with E-state index in [-0.39, 0.29) is 33.7 Å². The number of nitro groups is 1. The SMILES string of the molecule is O=C(Nc1nnc(-c2ccccc2[N+](=O)[O-])o1)c1ccc(Cl)cc1Cl. The van der Waals surface area contributed by atoms with Crippen LogP contribution < -0.4 is 5.32 Å². The maximum absolute atomic E-state index is 12.2. The number of nitrogens with zero attached hydrogens (tertiary/aromatic N) is 3. The molecule has 1 heterocycles. The number of hydrogen-bond acceptors (Lipinski definition) is 6. The van der Waals surface area contributed by atoms with Gasteiger partial charge in [0, 0.05) is 11.1 Å². The monoisotopic (exact) mass is 378 g/mol. The van der Waals surface area contributed by atoms with E-state index in [4.69, 9.17) is 27.6 Å². The van der Waals surface area contributed by atoms with E-state index in [1.165, 1.54) is 36.4 Å². The average molecular weight is 379 g/mol. The molecule has 8 nitrogen and oxygen atoms in total. The van der Waals surface area contributed by atoms with Gasteiger partial charge in [-0.3, -0.25) is 20.2 Å². The molecule has 0 saturated heterocycles. The van der Waals surface area contributed by atoms with Gasteiger partial charge in [-0.15, -0.1) is 5.10 Å². The molecule has 25 heavy (non-hydrogen) atoms. The van der Waals surface area contributed by atoms with E-state index in [2.05, 4.69) is 15.5 Å². The summed E-state index contributed by atoms with van der Waals surface area (Å²) in [6, 6.07) is 10.0. The molecule has 1 aromatic heterocycles. The molecular weight excluding hydrogens is 371 g/mol. The fourth-order valence-electron chi connectivity index (χ4n) is 2.03. The van der Waals surface area contributed by atoms with Gasteiger partial charge in [0.25, 0.3) is 17.5 Å². The van der Waals surface area contributed by atoms with Crippen molar-refractivity contribution in [1.82, 2.24) is 10.2 Å². The molecule has 2 aromatic carbocycles. The molecule has 0 fully saturated rings. The molecule has 0 atom stereocenters. The third-order valence-electron chi connectivity index (χ3n) is 3.15. The second kappa shape index (κ2) is 6.88. The van der Waals surface area contributed by atoms with Crippen molar-refractivity contribution in [3.05, 3.63) is 68.2 Å². The summed E-state index contributed by atoms with van der Waals surface area (Å²) in [4.78, 5) is 22.7. The number of nitrogens with one attached hydrogen (secondary N) is 1. The molecule has 0 bridgehead atoms. The van der Waals surface area contributed by atoms with Gasteiger partial charge < -0.3 is 4.42 Å². The Bertz CT molecular complexity index is 974. The number of halogens is 2. The molecule has 10 heteroatoms. The summed E-state index contributed by atoms with van der Waals surface area (Å²) in [5.41, 5.74) is 0.117. The Balaban J connectivity index is 1.85. The summed E-state index contributed by atoms with van der Waals surface area (Å²) in [5, 5.41) is 21.4. The molecule has 3 aromatic rings. The lowest BCUT2D eigenvalue weighted by Crippen LogP contribution is -2.12. The van der Waals surface area contributed by atoms with E-state index >= 15 is 0 Å². The number of hydrogen-bond donors (Lipinski definition) is 1. The number of para-hydroxylation sites is 1. The van der Waals surface area contributed by atoms with E-state index in [1.807, 2.05) is 0 Å². The maximum Gasteiger partial charge on any atom is 0.322 e. The number of anilines is 1. The van der Waals surface area contributed by atoms with Gasteiger partial charge >= 0.3 is 6.01 Å². The number of aromatic nitrogens is 2. The van der Waals surface area contributed by atoms with Gasteiger partial charge in [0.15, 0.2) is 0 Å². The Morgan fingerprint density at radius 2 is 1.92 bits per heavy atom. The molecule has 3 rings (SSSR count). The summed E-state index contributed by atoms with van der Waals surface area (Å²) in [6.07, 6.45) is 0. The van der Waals surface area contributed by atoms with E-state index in [0.717, 1.165) is 0 Å². The lowest BCUT2D eigenvalue weighted by Gasteiger charge is -2.03. The summed E-state index contributed by atoms with van der Waals surface area (Å²) in [5.74, 6) is -0.677. The Morgan fingerprint density at radius 1 is 1.16 bits per heavy atom. The van der Waals surface area contributed by atoms with Crippen molar-refractivity contribution in [2.75, 3.05) is 5.32 Å². The third-order valence-corrected chi connectivity index (χ3v) is 3.70. The van der Waals surface area contributed by atoms with Gasteiger partial charge in [-0.1, -0.05) is 40.4 Å². The van der Waals surface area contributed by atoms with Crippen LogP contribution in [0.3, 0.4) is 0 Å². The van der Waals surface area contributed by atoms with Gasteiger partial charge in [-0.25, -0.2) is 0 Å². The number of carbonyl (C=O) groups excluding carboxylic acids is 1. The third kappa shape index (κ3) is 3.59.